The Morgan fingerprint density at radius 3 is 2.60 bits per heavy atom. The molecule has 1 atom stereocenters. The van der Waals surface area contributed by atoms with E-state index in [0.717, 1.165) is 57.5 Å². The first-order valence-electron chi connectivity index (χ1n) is 12.1. The van der Waals surface area contributed by atoms with E-state index in [0.29, 0.717) is 26.6 Å². The number of ketones is 1. The molecule has 1 unspecified atom stereocenters. The molecule has 0 bridgehead atoms. The normalized spacial score (nSPS) is 19.6. The van der Waals surface area contributed by atoms with Crippen LogP contribution < -0.4 is 16.0 Å². The van der Waals surface area contributed by atoms with Gasteiger partial charge in [0.1, 0.15) is 10.7 Å². The molecule has 9 heteroatoms. The van der Waals surface area contributed by atoms with Gasteiger partial charge in [0.25, 0.3) is 0 Å². The second-order valence-corrected chi connectivity index (χ2v) is 10.7. The summed E-state index contributed by atoms with van der Waals surface area (Å²) in [4.78, 5) is 22.5. The van der Waals surface area contributed by atoms with Crippen LogP contribution in [0.4, 0.5) is 22.3 Å². The first-order chi connectivity index (χ1) is 17.0. The van der Waals surface area contributed by atoms with Crippen LogP contribution in [0.3, 0.4) is 0 Å². The summed E-state index contributed by atoms with van der Waals surface area (Å²) in [6.45, 7) is 3.96. The SMILES string of the molecule is Nc1nc(Nc2ccc(N3CCC(N4CCCC(O)C4)CC3)cc2)sc1C(=O)c1cccc(Cl)c1. The Labute approximate surface area is 214 Å². The van der Waals surface area contributed by atoms with Gasteiger partial charge in [-0.3, -0.25) is 9.69 Å². The molecule has 2 aliphatic heterocycles. The number of nitrogens with one attached hydrogen (secondary N) is 1. The number of likely N-dealkylation sites (tertiary alicyclic amines) is 1. The summed E-state index contributed by atoms with van der Waals surface area (Å²) >= 11 is 7.26. The fourth-order valence-electron chi connectivity index (χ4n) is 4.99. The number of nitrogens with zero attached hydrogens (tertiary/aromatic N) is 3. The Kier molecular flexibility index (Phi) is 7.24. The lowest BCUT2D eigenvalue weighted by atomic mass is 9.98. The molecule has 5 rings (SSSR count). The minimum absolute atomic E-state index is 0.166. The van der Waals surface area contributed by atoms with E-state index >= 15 is 0 Å². The van der Waals surface area contributed by atoms with Crippen molar-refractivity contribution in [2.45, 2.75) is 37.8 Å². The van der Waals surface area contributed by atoms with Crippen molar-refractivity contribution in [3.05, 3.63) is 64.0 Å². The van der Waals surface area contributed by atoms with Crippen LogP contribution in [0.1, 0.15) is 40.9 Å². The number of nitrogens with two attached hydrogens (primary N) is 1. The standard InChI is InChI=1S/C26H30ClN5O2S/c27-18-4-1-3-17(15-18)23(34)24-25(28)30-26(35-24)29-19-6-8-20(9-7-19)31-13-10-21(11-14-31)32-12-2-5-22(33)16-32/h1,3-4,6-9,15,21-22,33H,2,5,10-14,16,28H2,(H,29,30). The zero-order chi connectivity index (χ0) is 24.4. The van der Waals surface area contributed by atoms with Gasteiger partial charge in [-0.2, -0.15) is 0 Å². The molecule has 35 heavy (non-hydrogen) atoms. The summed E-state index contributed by atoms with van der Waals surface area (Å²) in [7, 11) is 0. The lowest BCUT2D eigenvalue weighted by Crippen LogP contribution is -2.49. The summed E-state index contributed by atoms with van der Waals surface area (Å²) in [5, 5.41) is 14.3. The molecule has 0 radical (unpaired) electrons. The number of hydrogen-bond donors (Lipinski definition) is 3. The van der Waals surface area contributed by atoms with Gasteiger partial charge in [0.05, 0.1) is 6.10 Å². The highest BCUT2D eigenvalue weighted by molar-refractivity contribution is 7.18. The molecule has 0 saturated carbocycles. The van der Waals surface area contributed by atoms with Crippen molar-refractivity contribution in [1.29, 1.82) is 0 Å². The Morgan fingerprint density at radius 1 is 1.11 bits per heavy atom. The van der Waals surface area contributed by atoms with Gasteiger partial charge in [-0.25, -0.2) is 4.98 Å². The second kappa shape index (κ2) is 10.5. The van der Waals surface area contributed by atoms with E-state index in [-0.39, 0.29) is 17.7 Å². The van der Waals surface area contributed by atoms with E-state index in [1.54, 1.807) is 24.3 Å². The van der Waals surface area contributed by atoms with Crippen molar-refractivity contribution in [1.82, 2.24) is 9.88 Å². The van der Waals surface area contributed by atoms with Crippen molar-refractivity contribution >= 4 is 51.0 Å². The first kappa shape index (κ1) is 24.1. The molecule has 4 N–H and O–H groups in total. The van der Waals surface area contributed by atoms with E-state index < -0.39 is 0 Å². The number of thiazole rings is 1. The fraction of sp³-hybridized carbons (Fsp3) is 0.385. The van der Waals surface area contributed by atoms with E-state index in [2.05, 4.69) is 32.2 Å². The highest BCUT2D eigenvalue weighted by Gasteiger charge is 2.28. The summed E-state index contributed by atoms with van der Waals surface area (Å²) in [6.07, 6.45) is 4.10. The number of nitrogen functional groups attached to an aromatic ring is 1. The summed E-state index contributed by atoms with van der Waals surface area (Å²) in [5.74, 6) is 0.0246. The molecule has 2 saturated heterocycles. The highest BCUT2D eigenvalue weighted by atomic mass is 35.5. The van der Waals surface area contributed by atoms with E-state index in [1.165, 1.54) is 17.0 Å². The van der Waals surface area contributed by atoms with Crippen LogP contribution in [0.15, 0.2) is 48.5 Å². The number of carbonyl (C=O) groups is 1. The van der Waals surface area contributed by atoms with Crippen molar-refractivity contribution in [2.24, 2.45) is 0 Å². The van der Waals surface area contributed by atoms with Crippen LogP contribution in [0, 0.1) is 0 Å². The lowest BCUT2D eigenvalue weighted by Gasteiger charge is -2.42. The molecule has 184 valence electrons. The first-order valence-corrected chi connectivity index (χ1v) is 13.3. The molecule has 0 amide bonds. The monoisotopic (exact) mass is 511 g/mol. The highest BCUT2D eigenvalue weighted by Crippen LogP contribution is 2.31. The van der Waals surface area contributed by atoms with Gasteiger partial charge in [0.15, 0.2) is 5.13 Å². The molecule has 0 aliphatic carbocycles. The Morgan fingerprint density at radius 2 is 1.89 bits per heavy atom. The predicted octanol–water partition coefficient (Wildman–Crippen LogP) is 4.78. The summed E-state index contributed by atoms with van der Waals surface area (Å²) in [6, 6.07) is 15.7. The number of aliphatic hydroxyl groups excluding tert-OH is 1. The van der Waals surface area contributed by atoms with Gasteiger partial charge in [0.2, 0.25) is 5.78 Å². The van der Waals surface area contributed by atoms with Gasteiger partial charge in [-0.15, -0.1) is 0 Å². The van der Waals surface area contributed by atoms with Gasteiger partial charge in [-0.1, -0.05) is 35.1 Å². The number of anilines is 4. The average Bonchev–Trinajstić information content (AvgIpc) is 3.24. The molecule has 7 nitrogen and oxygen atoms in total. The number of aromatic nitrogens is 1. The van der Waals surface area contributed by atoms with Gasteiger partial charge in [0, 0.05) is 47.6 Å². The third kappa shape index (κ3) is 5.62. The Hall–Kier alpha value is -2.65. The van der Waals surface area contributed by atoms with Crippen LogP contribution in [-0.4, -0.2) is 59.1 Å². The van der Waals surface area contributed by atoms with E-state index in [4.69, 9.17) is 17.3 Å². The number of benzene rings is 2. The average molecular weight is 512 g/mol. The molecular weight excluding hydrogens is 482 g/mol. The number of rotatable bonds is 6. The molecule has 2 fully saturated rings. The molecule has 0 spiro atoms. The second-order valence-electron chi connectivity index (χ2n) is 9.25. The molecular formula is C26H30ClN5O2S. The van der Waals surface area contributed by atoms with Crippen molar-refractivity contribution < 1.29 is 9.90 Å². The van der Waals surface area contributed by atoms with Crippen LogP contribution >= 0.6 is 22.9 Å². The predicted molar refractivity (Wildman–Crippen MR) is 143 cm³/mol. The quantitative estimate of drug-likeness (QED) is 0.410. The number of hydrogen-bond acceptors (Lipinski definition) is 8. The third-order valence-corrected chi connectivity index (χ3v) is 8.06. The number of aliphatic hydroxyl groups is 1. The molecule has 2 aromatic carbocycles. The molecule has 2 aliphatic rings. The Bertz CT molecular complexity index is 1180. The van der Waals surface area contributed by atoms with Crippen LogP contribution in [0.25, 0.3) is 0 Å². The minimum Gasteiger partial charge on any atom is -0.392 e. The van der Waals surface area contributed by atoms with Gasteiger partial charge in [-0.05, 0) is 68.6 Å². The smallest absolute Gasteiger partial charge is 0.206 e. The third-order valence-electron chi connectivity index (χ3n) is 6.84. The maximum Gasteiger partial charge on any atom is 0.206 e. The number of carbonyl (C=O) groups excluding carboxylic acids is 1. The fourth-order valence-corrected chi connectivity index (χ4v) is 6.05. The van der Waals surface area contributed by atoms with Crippen LogP contribution in [-0.2, 0) is 0 Å². The molecule has 3 heterocycles. The van der Waals surface area contributed by atoms with Crippen LogP contribution in [0.5, 0.6) is 0 Å². The summed E-state index contributed by atoms with van der Waals surface area (Å²) < 4.78 is 0. The topological polar surface area (TPSA) is 94.7 Å². The minimum atomic E-state index is -0.187. The van der Waals surface area contributed by atoms with Crippen molar-refractivity contribution in [2.75, 3.05) is 42.1 Å². The summed E-state index contributed by atoms with van der Waals surface area (Å²) in [5.41, 5.74) is 8.62. The largest absolute Gasteiger partial charge is 0.392 e. The number of halogens is 1. The zero-order valence-electron chi connectivity index (χ0n) is 19.5. The van der Waals surface area contributed by atoms with Crippen LogP contribution in [0.2, 0.25) is 5.02 Å². The van der Waals surface area contributed by atoms with Crippen molar-refractivity contribution in [3.63, 3.8) is 0 Å². The zero-order valence-corrected chi connectivity index (χ0v) is 21.1. The maximum atomic E-state index is 12.8. The number of piperidine rings is 2. The van der Waals surface area contributed by atoms with E-state index in [1.807, 2.05) is 12.1 Å². The number of β-amino-alcohol motifs (C(OH)–C–C–N with tert-alkyl or cyclic N) is 1. The molecule has 3 aromatic rings. The van der Waals surface area contributed by atoms with E-state index in [9.17, 15) is 9.90 Å². The van der Waals surface area contributed by atoms with Crippen molar-refractivity contribution in [3.8, 4) is 0 Å². The maximum absolute atomic E-state index is 12.8. The van der Waals surface area contributed by atoms with Gasteiger partial charge >= 0.3 is 0 Å². The Balaban J connectivity index is 1.19. The lowest BCUT2D eigenvalue weighted by molar-refractivity contribution is 0.0398. The molecule has 1 aromatic heterocycles. The van der Waals surface area contributed by atoms with Gasteiger partial charge < -0.3 is 21.1 Å².